The number of carbonyl (C=O) groups excluding carboxylic acids is 1. The fraction of sp³-hybridized carbons (Fsp3) is 0.588. The summed E-state index contributed by atoms with van der Waals surface area (Å²) in [4.78, 5) is 23.1. The highest BCUT2D eigenvalue weighted by Crippen LogP contribution is 2.32. The lowest BCUT2D eigenvalue weighted by Crippen LogP contribution is -2.42. The van der Waals surface area contributed by atoms with Gasteiger partial charge in [0.05, 0.1) is 5.39 Å². The molecule has 1 fully saturated rings. The lowest BCUT2D eigenvalue weighted by atomic mass is 9.95. The van der Waals surface area contributed by atoms with Gasteiger partial charge in [-0.1, -0.05) is 0 Å². The lowest BCUT2D eigenvalue weighted by molar-refractivity contribution is -0.126. The Bertz CT molecular complexity index is 715. The Morgan fingerprint density at radius 2 is 2.00 bits per heavy atom. The first-order valence-electron chi connectivity index (χ1n) is 8.23. The fourth-order valence-electron chi connectivity index (χ4n) is 3.16. The van der Waals surface area contributed by atoms with Crippen molar-refractivity contribution in [3.63, 3.8) is 0 Å². The molecule has 1 saturated heterocycles. The van der Waals surface area contributed by atoms with E-state index in [0.717, 1.165) is 48.5 Å². The van der Waals surface area contributed by atoms with Crippen LogP contribution in [0, 0.1) is 19.8 Å². The number of rotatable bonds is 3. The summed E-state index contributed by atoms with van der Waals surface area (Å²) in [5.41, 5.74) is 1.74. The molecule has 0 saturated carbocycles. The second kappa shape index (κ2) is 6.18. The van der Waals surface area contributed by atoms with Crippen LogP contribution < -0.4 is 10.2 Å². The predicted octanol–water partition coefficient (Wildman–Crippen LogP) is 2.58. The van der Waals surface area contributed by atoms with Gasteiger partial charge in [0.2, 0.25) is 11.6 Å². The molecule has 3 heterocycles. The molecule has 1 amide bonds. The Morgan fingerprint density at radius 1 is 1.30 bits per heavy atom. The van der Waals surface area contributed by atoms with Gasteiger partial charge in [0.1, 0.15) is 17.9 Å². The molecular weight excluding hydrogens is 292 g/mol. The van der Waals surface area contributed by atoms with Gasteiger partial charge in [-0.2, -0.15) is 0 Å². The zero-order valence-corrected chi connectivity index (χ0v) is 14.2. The molecule has 0 radical (unpaired) electrons. The number of piperidine rings is 1. The van der Waals surface area contributed by atoms with E-state index in [-0.39, 0.29) is 17.9 Å². The highest BCUT2D eigenvalue weighted by molar-refractivity contribution is 5.90. The van der Waals surface area contributed by atoms with Crippen molar-refractivity contribution in [2.75, 3.05) is 18.0 Å². The average molecular weight is 316 g/mol. The molecule has 1 aliphatic rings. The molecular formula is C17H24N4O2. The minimum Gasteiger partial charge on any atom is -0.443 e. The first kappa shape index (κ1) is 15.8. The molecule has 3 rings (SSSR count). The van der Waals surface area contributed by atoms with Gasteiger partial charge in [0.15, 0.2) is 0 Å². The third kappa shape index (κ3) is 3.02. The number of nitrogens with one attached hydrogen (secondary N) is 1. The second-order valence-corrected chi connectivity index (χ2v) is 6.59. The molecule has 2 aromatic heterocycles. The van der Waals surface area contributed by atoms with Crippen LogP contribution in [0.3, 0.4) is 0 Å². The predicted molar refractivity (Wildman–Crippen MR) is 89.5 cm³/mol. The summed E-state index contributed by atoms with van der Waals surface area (Å²) < 4.78 is 5.69. The van der Waals surface area contributed by atoms with Crippen LogP contribution in [-0.4, -0.2) is 35.0 Å². The van der Waals surface area contributed by atoms with Crippen molar-refractivity contribution in [3.8, 4) is 0 Å². The molecule has 1 aliphatic heterocycles. The van der Waals surface area contributed by atoms with E-state index < -0.39 is 0 Å². The summed E-state index contributed by atoms with van der Waals surface area (Å²) >= 11 is 0. The Kier molecular flexibility index (Phi) is 4.24. The molecule has 0 atom stereocenters. The van der Waals surface area contributed by atoms with Crippen LogP contribution in [0.1, 0.15) is 38.0 Å². The van der Waals surface area contributed by atoms with Crippen molar-refractivity contribution < 1.29 is 9.21 Å². The van der Waals surface area contributed by atoms with Crippen molar-refractivity contribution >= 4 is 22.8 Å². The third-order valence-electron chi connectivity index (χ3n) is 4.54. The van der Waals surface area contributed by atoms with E-state index in [1.807, 2.05) is 27.7 Å². The lowest BCUT2D eigenvalue weighted by Gasteiger charge is -2.32. The fourth-order valence-corrected chi connectivity index (χ4v) is 3.16. The van der Waals surface area contributed by atoms with Crippen LogP contribution in [0.15, 0.2) is 10.7 Å². The summed E-state index contributed by atoms with van der Waals surface area (Å²) in [6, 6.07) is 0.193. The van der Waals surface area contributed by atoms with E-state index in [1.165, 1.54) is 0 Å². The van der Waals surface area contributed by atoms with Crippen molar-refractivity contribution in [2.45, 2.75) is 46.6 Å². The van der Waals surface area contributed by atoms with Crippen molar-refractivity contribution in [2.24, 2.45) is 5.92 Å². The molecule has 0 aliphatic carbocycles. The standard InChI is InChI=1S/C17H24N4O2/c1-10(2)20-16(22)13-5-7-21(8-6-13)15-14-11(3)12(4)23-17(14)19-9-18-15/h9-10,13H,5-8H2,1-4H3,(H,20,22). The number of carbonyl (C=O) groups is 1. The van der Waals surface area contributed by atoms with Gasteiger partial charge < -0.3 is 14.6 Å². The molecule has 6 nitrogen and oxygen atoms in total. The molecule has 0 spiro atoms. The zero-order valence-electron chi connectivity index (χ0n) is 14.2. The van der Waals surface area contributed by atoms with Gasteiger partial charge in [0, 0.05) is 30.6 Å². The molecule has 6 heteroatoms. The number of fused-ring (bicyclic) bond motifs is 1. The molecule has 2 aromatic rings. The number of nitrogens with zero attached hydrogens (tertiary/aromatic N) is 3. The van der Waals surface area contributed by atoms with Crippen molar-refractivity contribution in [1.29, 1.82) is 0 Å². The van der Waals surface area contributed by atoms with Crippen molar-refractivity contribution in [1.82, 2.24) is 15.3 Å². The molecule has 0 aromatic carbocycles. The topological polar surface area (TPSA) is 71.3 Å². The maximum Gasteiger partial charge on any atom is 0.231 e. The van der Waals surface area contributed by atoms with Gasteiger partial charge in [0.25, 0.3) is 0 Å². The van der Waals surface area contributed by atoms with E-state index >= 15 is 0 Å². The summed E-state index contributed by atoms with van der Waals surface area (Å²) in [6.07, 6.45) is 3.25. The Balaban J connectivity index is 1.77. The SMILES string of the molecule is Cc1oc2ncnc(N3CCC(C(=O)NC(C)C)CC3)c2c1C. The van der Waals surface area contributed by atoms with Gasteiger partial charge in [-0.3, -0.25) is 4.79 Å². The van der Waals surface area contributed by atoms with Crippen LogP contribution >= 0.6 is 0 Å². The Hall–Kier alpha value is -2.11. The molecule has 23 heavy (non-hydrogen) atoms. The molecule has 0 unspecified atom stereocenters. The average Bonchev–Trinajstić information content (AvgIpc) is 2.82. The van der Waals surface area contributed by atoms with Gasteiger partial charge in [-0.05, 0) is 40.5 Å². The van der Waals surface area contributed by atoms with E-state index in [9.17, 15) is 4.79 Å². The van der Waals surface area contributed by atoms with E-state index in [0.29, 0.717) is 5.71 Å². The van der Waals surface area contributed by atoms with Gasteiger partial charge in [-0.25, -0.2) is 9.97 Å². The Morgan fingerprint density at radius 3 is 2.65 bits per heavy atom. The number of furan rings is 1. The maximum absolute atomic E-state index is 12.2. The van der Waals surface area contributed by atoms with Gasteiger partial charge >= 0.3 is 0 Å². The quantitative estimate of drug-likeness (QED) is 0.942. The first-order valence-corrected chi connectivity index (χ1v) is 8.23. The largest absolute Gasteiger partial charge is 0.443 e. The number of aromatic nitrogens is 2. The van der Waals surface area contributed by atoms with Crippen molar-refractivity contribution in [3.05, 3.63) is 17.7 Å². The normalized spacial score (nSPS) is 16.3. The van der Waals surface area contributed by atoms with Crippen LogP contribution in [0.5, 0.6) is 0 Å². The number of anilines is 1. The molecule has 1 N–H and O–H groups in total. The van der Waals surface area contributed by atoms with E-state index in [1.54, 1.807) is 6.33 Å². The monoisotopic (exact) mass is 316 g/mol. The number of aryl methyl sites for hydroxylation is 2. The highest BCUT2D eigenvalue weighted by Gasteiger charge is 2.27. The van der Waals surface area contributed by atoms with Crippen LogP contribution in [0.25, 0.3) is 11.1 Å². The Labute approximate surface area is 136 Å². The highest BCUT2D eigenvalue weighted by atomic mass is 16.3. The first-order chi connectivity index (χ1) is 11.0. The smallest absolute Gasteiger partial charge is 0.231 e. The third-order valence-corrected chi connectivity index (χ3v) is 4.54. The molecule has 124 valence electrons. The minimum atomic E-state index is 0.0955. The summed E-state index contributed by atoms with van der Waals surface area (Å²) in [6.45, 7) is 9.63. The summed E-state index contributed by atoms with van der Waals surface area (Å²) in [5, 5.41) is 4.01. The van der Waals surface area contributed by atoms with Crippen LogP contribution in [-0.2, 0) is 4.79 Å². The second-order valence-electron chi connectivity index (χ2n) is 6.59. The van der Waals surface area contributed by atoms with E-state index in [4.69, 9.17) is 4.42 Å². The van der Waals surface area contributed by atoms with Gasteiger partial charge in [-0.15, -0.1) is 0 Å². The van der Waals surface area contributed by atoms with Crippen LogP contribution in [0.2, 0.25) is 0 Å². The molecule has 0 bridgehead atoms. The number of hydrogen-bond donors (Lipinski definition) is 1. The number of amides is 1. The minimum absolute atomic E-state index is 0.0955. The van der Waals surface area contributed by atoms with Crippen LogP contribution in [0.4, 0.5) is 5.82 Å². The zero-order chi connectivity index (χ0) is 16.6. The maximum atomic E-state index is 12.2. The summed E-state index contributed by atoms with van der Waals surface area (Å²) in [7, 11) is 0. The number of hydrogen-bond acceptors (Lipinski definition) is 5. The summed E-state index contributed by atoms with van der Waals surface area (Å²) in [5.74, 6) is 2.07. The van der Waals surface area contributed by atoms with E-state index in [2.05, 4.69) is 20.2 Å².